The first-order valence-corrected chi connectivity index (χ1v) is 7.82. The molecule has 0 amide bonds. The fourth-order valence-electron chi connectivity index (χ4n) is 5.50. The van der Waals surface area contributed by atoms with Crippen LogP contribution in [0.3, 0.4) is 0 Å². The minimum absolute atomic E-state index is 0.0101. The summed E-state index contributed by atoms with van der Waals surface area (Å²) in [5.74, 6) is 0.910. The van der Waals surface area contributed by atoms with Crippen LogP contribution in [0.15, 0.2) is 11.6 Å². The standard InChI is InChI=1S/C16H23NO2/c1-10-9-16-12-4-2-6-17(16)7-3-5-13(16)14(18)8-11(12)15(10)19/h4,10-11,13-14,18H,2-3,5-9H2,1H3/t10-,11-,13+,14+,16+/m0/s1. The molecule has 1 N–H and O–H groups in total. The van der Waals surface area contributed by atoms with E-state index in [9.17, 15) is 9.90 Å². The second-order valence-electron chi connectivity index (χ2n) is 6.97. The normalized spacial score (nSPS) is 49.6. The Labute approximate surface area is 114 Å². The zero-order valence-electron chi connectivity index (χ0n) is 11.6. The van der Waals surface area contributed by atoms with Crippen LogP contribution in [0, 0.1) is 17.8 Å². The number of ketones is 1. The number of hydrogen-bond acceptors (Lipinski definition) is 3. The Hall–Kier alpha value is -0.670. The molecule has 4 rings (SSSR count). The first-order valence-electron chi connectivity index (χ1n) is 7.82. The monoisotopic (exact) mass is 261 g/mol. The van der Waals surface area contributed by atoms with E-state index in [0.29, 0.717) is 18.1 Å². The van der Waals surface area contributed by atoms with Crippen LogP contribution in [0.25, 0.3) is 0 Å². The van der Waals surface area contributed by atoms with Crippen LogP contribution in [0.4, 0.5) is 0 Å². The molecular formula is C16H23NO2. The van der Waals surface area contributed by atoms with E-state index in [2.05, 4.69) is 17.9 Å². The molecule has 3 fully saturated rings. The van der Waals surface area contributed by atoms with Crippen molar-refractivity contribution < 1.29 is 9.90 Å². The number of carbonyl (C=O) groups is 1. The zero-order valence-corrected chi connectivity index (χ0v) is 11.6. The molecule has 0 aromatic carbocycles. The maximum Gasteiger partial charge on any atom is 0.143 e. The molecule has 1 saturated heterocycles. The number of aliphatic hydroxyl groups is 1. The van der Waals surface area contributed by atoms with Gasteiger partial charge in [-0.1, -0.05) is 13.0 Å². The zero-order chi connectivity index (χ0) is 13.2. The van der Waals surface area contributed by atoms with E-state index in [1.54, 1.807) is 0 Å². The SMILES string of the molecule is C[C@H]1C[C@]23C4=CCCN2CCC[C@@H]3[C@H](O)C[C@@H]4C1=O. The van der Waals surface area contributed by atoms with Gasteiger partial charge in [-0.25, -0.2) is 0 Å². The van der Waals surface area contributed by atoms with Gasteiger partial charge in [0.1, 0.15) is 5.78 Å². The minimum Gasteiger partial charge on any atom is -0.393 e. The van der Waals surface area contributed by atoms with Crippen LogP contribution in [0.5, 0.6) is 0 Å². The molecule has 0 aromatic rings. The van der Waals surface area contributed by atoms with E-state index in [1.165, 1.54) is 12.0 Å². The molecule has 2 aliphatic carbocycles. The predicted molar refractivity (Wildman–Crippen MR) is 72.6 cm³/mol. The number of Topliss-reactive ketones (excluding diaryl/α,β-unsaturated/α-hetero) is 1. The smallest absolute Gasteiger partial charge is 0.143 e. The van der Waals surface area contributed by atoms with Crippen molar-refractivity contribution in [1.82, 2.24) is 4.90 Å². The lowest BCUT2D eigenvalue weighted by molar-refractivity contribution is -0.146. The predicted octanol–water partition coefficient (Wildman–Crippen LogP) is 1.76. The molecular weight excluding hydrogens is 238 g/mol. The second-order valence-corrected chi connectivity index (χ2v) is 6.97. The highest BCUT2D eigenvalue weighted by molar-refractivity contribution is 5.88. The molecule has 2 heterocycles. The number of rotatable bonds is 0. The van der Waals surface area contributed by atoms with Crippen molar-refractivity contribution in [2.24, 2.45) is 17.8 Å². The van der Waals surface area contributed by atoms with Crippen molar-refractivity contribution in [3.8, 4) is 0 Å². The molecule has 0 radical (unpaired) electrons. The first-order chi connectivity index (χ1) is 9.14. The third kappa shape index (κ3) is 1.38. The average molecular weight is 261 g/mol. The van der Waals surface area contributed by atoms with Crippen LogP contribution in [-0.2, 0) is 4.79 Å². The van der Waals surface area contributed by atoms with E-state index in [-0.39, 0.29) is 23.5 Å². The van der Waals surface area contributed by atoms with Crippen molar-refractivity contribution >= 4 is 5.78 Å². The molecule has 4 aliphatic rings. The van der Waals surface area contributed by atoms with E-state index in [1.807, 2.05) is 0 Å². The lowest BCUT2D eigenvalue weighted by Crippen LogP contribution is -2.69. The van der Waals surface area contributed by atoms with Crippen molar-refractivity contribution in [2.45, 2.75) is 50.7 Å². The summed E-state index contributed by atoms with van der Waals surface area (Å²) in [7, 11) is 0. The lowest BCUT2D eigenvalue weighted by atomic mass is 9.51. The van der Waals surface area contributed by atoms with Crippen molar-refractivity contribution in [1.29, 1.82) is 0 Å². The molecule has 0 aromatic heterocycles. The van der Waals surface area contributed by atoms with Crippen LogP contribution in [-0.4, -0.2) is 40.5 Å². The van der Waals surface area contributed by atoms with Gasteiger partial charge in [-0.05, 0) is 44.2 Å². The molecule has 3 nitrogen and oxygen atoms in total. The third-order valence-corrected chi connectivity index (χ3v) is 6.15. The highest BCUT2D eigenvalue weighted by Crippen LogP contribution is 2.57. The average Bonchev–Trinajstić information content (AvgIpc) is 2.40. The molecule has 1 spiro atoms. The van der Waals surface area contributed by atoms with Crippen molar-refractivity contribution in [2.75, 3.05) is 13.1 Å². The van der Waals surface area contributed by atoms with E-state index in [0.717, 1.165) is 32.4 Å². The van der Waals surface area contributed by atoms with E-state index >= 15 is 0 Å². The van der Waals surface area contributed by atoms with Crippen LogP contribution < -0.4 is 0 Å². The Morgan fingerprint density at radius 1 is 1.42 bits per heavy atom. The number of hydrogen-bond donors (Lipinski definition) is 1. The highest BCUT2D eigenvalue weighted by Gasteiger charge is 2.61. The molecule has 3 heteroatoms. The summed E-state index contributed by atoms with van der Waals surface area (Å²) in [5, 5.41) is 10.6. The van der Waals surface area contributed by atoms with Gasteiger partial charge in [-0.2, -0.15) is 0 Å². The molecule has 2 bridgehead atoms. The summed E-state index contributed by atoms with van der Waals surface area (Å²) in [6.07, 6.45) is 7.09. The fourth-order valence-corrected chi connectivity index (χ4v) is 5.50. The van der Waals surface area contributed by atoms with Gasteiger partial charge in [0.25, 0.3) is 0 Å². The molecule has 2 aliphatic heterocycles. The number of piperidine rings is 1. The highest BCUT2D eigenvalue weighted by atomic mass is 16.3. The van der Waals surface area contributed by atoms with Gasteiger partial charge >= 0.3 is 0 Å². The second kappa shape index (κ2) is 3.92. The Bertz CT molecular complexity index is 458. The topological polar surface area (TPSA) is 40.5 Å². The van der Waals surface area contributed by atoms with E-state index in [4.69, 9.17) is 0 Å². The van der Waals surface area contributed by atoms with Crippen LogP contribution >= 0.6 is 0 Å². The fraction of sp³-hybridized carbons (Fsp3) is 0.812. The van der Waals surface area contributed by atoms with Crippen molar-refractivity contribution in [3.05, 3.63) is 11.6 Å². The summed E-state index contributed by atoms with van der Waals surface area (Å²) in [6.45, 7) is 4.35. The third-order valence-electron chi connectivity index (χ3n) is 6.15. The Morgan fingerprint density at radius 3 is 3.11 bits per heavy atom. The molecule has 0 unspecified atom stereocenters. The van der Waals surface area contributed by atoms with Crippen LogP contribution in [0.1, 0.15) is 39.0 Å². The molecule has 2 saturated carbocycles. The van der Waals surface area contributed by atoms with Gasteiger partial charge in [-0.15, -0.1) is 0 Å². The van der Waals surface area contributed by atoms with E-state index < -0.39 is 0 Å². The number of aliphatic hydroxyl groups excluding tert-OH is 1. The summed E-state index contributed by atoms with van der Waals surface area (Å²) < 4.78 is 0. The number of carbonyl (C=O) groups excluding carboxylic acids is 1. The largest absolute Gasteiger partial charge is 0.393 e. The van der Waals surface area contributed by atoms with Gasteiger partial charge < -0.3 is 5.11 Å². The Morgan fingerprint density at radius 2 is 2.26 bits per heavy atom. The molecule has 104 valence electrons. The first kappa shape index (κ1) is 12.1. The Kier molecular flexibility index (Phi) is 2.50. The summed E-state index contributed by atoms with van der Waals surface area (Å²) in [5.41, 5.74) is 1.42. The lowest BCUT2D eigenvalue weighted by Gasteiger charge is -2.63. The quantitative estimate of drug-likeness (QED) is 0.675. The van der Waals surface area contributed by atoms with Gasteiger partial charge in [0.15, 0.2) is 0 Å². The summed E-state index contributed by atoms with van der Waals surface area (Å²) >= 11 is 0. The Balaban J connectivity index is 1.89. The summed E-state index contributed by atoms with van der Waals surface area (Å²) in [6, 6.07) is 0. The minimum atomic E-state index is -0.278. The van der Waals surface area contributed by atoms with Crippen LogP contribution in [0.2, 0.25) is 0 Å². The summed E-state index contributed by atoms with van der Waals surface area (Å²) in [4.78, 5) is 15.1. The van der Waals surface area contributed by atoms with Gasteiger partial charge in [-0.3, -0.25) is 9.69 Å². The molecule has 5 atom stereocenters. The van der Waals surface area contributed by atoms with Gasteiger partial charge in [0, 0.05) is 29.8 Å². The maximum atomic E-state index is 12.5. The van der Waals surface area contributed by atoms with Gasteiger partial charge in [0.05, 0.1) is 6.10 Å². The number of nitrogens with zero attached hydrogens (tertiary/aromatic N) is 1. The maximum absolute atomic E-state index is 12.5. The van der Waals surface area contributed by atoms with Gasteiger partial charge in [0.2, 0.25) is 0 Å². The molecule has 19 heavy (non-hydrogen) atoms. The van der Waals surface area contributed by atoms with Crippen molar-refractivity contribution in [3.63, 3.8) is 0 Å².